The van der Waals surface area contributed by atoms with E-state index in [1.54, 1.807) is 0 Å². The molecule has 1 aliphatic heterocycles. The maximum Gasteiger partial charge on any atom is 0.0511 e. The SMILES string of the molecule is C=CC1=CC(C)=C(c2ccccc2)N(C)C1=C. The third-order valence-corrected chi connectivity index (χ3v) is 3.09. The molecule has 0 aromatic heterocycles. The normalized spacial score (nSPS) is 16.0. The number of nitrogens with zero attached hydrogens (tertiary/aromatic N) is 1. The van der Waals surface area contributed by atoms with Gasteiger partial charge < -0.3 is 4.90 Å². The number of hydrogen-bond acceptors (Lipinski definition) is 1. The number of likely N-dealkylation sites (N-methyl/N-ethyl adjacent to an activating group) is 1. The second kappa shape index (κ2) is 4.46. The van der Waals surface area contributed by atoms with Crippen molar-refractivity contribution in [3.05, 3.63) is 78.0 Å². The van der Waals surface area contributed by atoms with E-state index in [4.69, 9.17) is 0 Å². The summed E-state index contributed by atoms with van der Waals surface area (Å²) in [6.45, 7) is 10.1. The van der Waals surface area contributed by atoms with Crippen LogP contribution in [0.2, 0.25) is 0 Å². The number of hydrogen-bond donors (Lipinski definition) is 0. The Hall–Kier alpha value is -2.02. The Morgan fingerprint density at radius 3 is 2.41 bits per heavy atom. The highest BCUT2D eigenvalue weighted by atomic mass is 15.1. The van der Waals surface area contributed by atoms with Crippen LogP contribution in [0.5, 0.6) is 0 Å². The molecule has 1 aromatic rings. The second-order valence-electron chi connectivity index (χ2n) is 4.21. The van der Waals surface area contributed by atoms with Gasteiger partial charge in [0.1, 0.15) is 0 Å². The van der Waals surface area contributed by atoms with E-state index in [2.05, 4.69) is 55.3 Å². The number of benzene rings is 1. The van der Waals surface area contributed by atoms with E-state index in [1.165, 1.54) is 16.8 Å². The van der Waals surface area contributed by atoms with Crippen LogP contribution in [0.4, 0.5) is 0 Å². The Kier molecular flexibility index (Phi) is 3.01. The average molecular weight is 223 g/mol. The van der Waals surface area contributed by atoms with Crippen molar-refractivity contribution in [2.75, 3.05) is 7.05 Å². The predicted octanol–water partition coefficient (Wildman–Crippen LogP) is 3.99. The van der Waals surface area contributed by atoms with Crippen LogP contribution in [0.15, 0.2) is 72.5 Å². The van der Waals surface area contributed by atoms with Crippen molar-refractivity contribution in [2.24, 2.45) is 0 Å². The largest absolute Gasteiger partial charge is 0.344 e. The predicted molar refractivity (Wildman–Crippen MR) is 74.2 cm³/mol. The van der Waals surface area contributed by atoms with Crippen LogP contribution in [0.1, 0.15) is 12.5 Å². The minimum absolute atomic E-state index is 0.990. The van der Waals surface area contributed by atoms with Gasteiger partial charge in [0.25, 0.3) is 0 Å². The molecule has 0 saturated heterocycles. The fraction of sp³-hybridized carbons (Fsp3) is 0.125. The maximum atomic E-state index is 4.11. The van der Waals surface area contributed by atoms with Crippen molar-refractivity contribution in [1.82, 2.24) is 4.90 Å². The summed E-state index contributed by atoms with van der Waals surface area (Å²) >= 11 is 0. The van der Waals surface area contributed by atoms with Gasteiger partial charge in [-0.2, -0.15) is 0 Å². The van der Waals surface area contributed by atoms with E-state index in [0.29, 0.717) is 0 Å². The molecule has 0 spiro atoms. The summed E-state index contributed by atoms with van der Waals surface area (Å²) in [6, 6.07) is 10.4. The van der Waals surface area contributed by atoms with Gasteiger partial charge in [0, 0.05) is 12.7 Å². The molecule has 0 saturated carbocycles. The monoisotopic (exact) mass is 223 g/mol. The lowest BCUT2D eigenvalue weighted by molar-refractivity contribution is 0.603. The van der Waals surface area contributed by atoms with Crippen LogP contribution < -0.4 is 0 Å². The Morgan fingerprint density at radius 2 is 1.82 bits per heavy atom. The molecule has 0 N–H and O–H groups in total. The average Bonchev–Trinajstić information content (AvgIpc) is 2.35. The Balaban J connectivity index is 2.56. The highest BCUT2D eigenvalue weighted by Crippen LogP contribution is 2.33. The summed E-state index contributed by atoms with van der Waals surface area (Å²) in [6.07, 6.45) is 3.99. The quantitative estimate of drug-likeness (QED) is 0.732. The van der Waals surface area contributed by atoms with E-state index in [9.17, 15) is 0 Å². The summed E-state index contributed by atoms with van der Waals surface area (Å²) < 4.78 is 0. The minimum Gasteiger partial charge on any atom is -0.344 e. The maximum absolute atomic E-state index is 4.11. The summed E-state index contributed by atoms with van der Waals surface area (Å²) in [5, 5.41) is 0. The molecular weight excluding hydrogens is 206 g/mol. The highest BCUT2D eigenvalue weighted by molar-refractivity contribution is 5.74. The molecule has 17 heavy (non-hydrogen) atoms. The number of rotatable bonds is 2. The Bertz CT molecular complexity index is 518. The van der Waals surface area contributed by atoms with Gasteiger partial charge in [0.05, 0.1) is 5.70 Å². The van der Waals surface area contributed by atoms with Crippen molar-refractivity contribution in [3.8, 4) is 0 Å². The Labute approximate surface area is 103 Å². The molecule has 1 nitrogen and oxygen atoms in total. The molecule has 86 valence electrons. The van der Waals surface area contributed by atoms with Gasteiger partial charge in [-0.05, 0) is 29.7 Å². The van der Waals surface area contributed by atoms with Gasteiger partial charge >= 0.3 is 0 Å². The van der Waals surface area contributed by atoms with Gasteiger partial charge in [-0.3, -0.25) is 0 Å². The molecule has 0 unspecified atom stereocenters. The van der Waals surface area contributed by atoms with Crippen LogP contribution in [-0.4, -0.2) is 11.9 Å². The lowest BCUT2D eigenvalue weighted by atomic mass is 9.97. The first kappa shape index (κ1) is 11.5. The van der Waals surface area contributed by atoms with Crippen LogP contribution in [-0.2, 0) is 0 Å². The molecule has 1 aliphatic rings. The van der Waals surface area contributed by atoms with Gasteiger partial charge in [-0.25, -0.2) is 0 Å². The lowest BCUT2D eigenvalue weighted by Crippen LogP contribution is -2.20. The van der Waals surface area contributed by atoms with Gasteiger partial charge in [-0.15, -0.1) is 0 Å². The molecular formula is C16H17N. The molecule has 0 aliphatic carbocycles. The van der Waals surface area contributed by atoms with E-state index in [-0.39, 0.29) is 0 Å². The molecule has 0 bridgehead atoms. The van der Waals surface area contributed by atoms with Crippen molar-refractivity contribution >= 4 is 5.70 Å². The summed E-state index contributed by atoms with van der Waals surface area (Å²) in [5.41, 5.74) is 5.74. The third kappa shape index (κ3) is 1.96. The molecule has 0 fully saturated rings. The highest BCUT2D eigenvalue weighted by Gasteiger charge is 2.18. The minimum atomic E-state index is 0.990. The van der Waals surface area contributed by atoms with Gasteiger partial charge in [0.2, 0.25) is 0 Å². The van der Waals surface area contributed by atoms with Crippen LogP contribution in [0, 0.1) is 0 Å². The third-order valence-electron chi connectivity index (χ3n) is 3.09. The van der Waals surface area contributed by atoms with Crippen molar-refractivity contribution in [2.45, 2.75) is 6.92 Å². The van der Waals surface area contributed by atoms with Crippen LogP contribution in [0.25, 0.3) is 5.70 Å². The second-order valence-corrected chi connectivity index (χ2v) is 4.21. The molecule has 0 radical (unpaired) electrons. The van der Waals surface area contributed by atoms with E-state index < -0.39 is 0 Å². The zero-order valence-electron chi connectivity index (χ0n) is 10.4. The summed E-state index contributed by atoms with van der Waals surface area (Å²) in [4.78, 5) is 2.13. The number of allylic oxidation sites excluding steroid dienone is 3. The summed E-state index contributed by atoms with van der Waals surface area (Å²) in [7, 11) is 2.05. The van der Waals surface area contributed by atoms with Crippen molar-refractivity contribution in [1.29, 1.82) is 0 Å². The lowest BCUT2D eigenvalue weighted by Gasteiger charge is -2.31. The fourth-order valence-corrected chi connectivity index (χ4v) is 2.17. The fourth-order valence-electron chi connectivity index (χ4n) is 2.17. The first-order chi connectivity index (χ1) is 8.15. The molecule has 1 heteroatoms. The smallest absolute Gasteiger partial charge is 0.0511 e. The zero-order valence-corrected chi connectivity index (χ0v) is 10.4. The van der Waals surface area contributed by atoms with Gasteiger partial charge in [-0.1, -0.05) is 49.6 Å². The molecule has 2 rings (SSSR count). The van der Waals surface area contributed by atoms with Crippen LogP contribution >= 0.6 is 0 Å². The first-order valence-corrected chi connectivity index (χ1v) is 5.68. The van der Waals surface area contributed by atoms with Crippen LogP contribution in [0.3, 0.4) is 0 Å². The van der Waals surface area contributed by atoms with Crippen molar-refractivity contribution in [3.63, 3.8) is 0 Å². The molecule has 1 aromatic carbocycles. The zero-order chi connectivity index (χ0) is 12.4. The Morgan fingerprint density at radius 1 is 1.18 bits per heavy atom. The van der Waals surface area contributed by atoms with Crippen molar-refractivity contribution < 1.29 is 0 Å². The first-order valence-electron chi connectivity index (χ1n) is 5.68. The van der Waals surface area contributed by atoms with Gasteiger partial charge in [0.15, 0.2) is 0 Å². The standard InChI is InChI=1S/C16H17N/c1-5-14-11-12(2)16(17(4)13(14)3)15-9-7-6-8-10-15/h5-11H,1,3H2,2,4H3. The van der Waals surface area contributed by atoms with E-state index in [0.717, 1.165) is 11.3 Å². The topological polar surface area (TPSA) is 3.24 Å². The van der Waals surface area contributed by atoms with E-state index >= 15 is 0 Å². The molecule has 0 atom stereocenters. The summed E-state index contributed by atoms with van der Waals surface area (Å²) in [5.74, 6) is 0. The molecule has 0 amide bonds. The van der Waals surface area contributed by atoms with E-state index in [1.807, 2.05) is 19.2 Å². The molecule has 1 heterocycles.